The second-order valence-electron chi connectivity index (χ2n) is 4.09. The molecule has 1 heterocycles. The number of nitrogens with one attached hydrogen (secondary N) is 1. The number of sulfonamides is 1. The quantitative estimate of drug-likeness (QED) is 0.784. The van der Waals surface area contributed by atoms with Crippen LogP contribution in [0.25, 0.3) is 6.08 Å². The van der Waals surface area contributed by atoms with Crippen LogP contribution in [0.2, 0.25) is 0 Å². The van der Waals surface area contributed by atoms with E-state index in [0.717, 1.165) is 6.08 Å². The summed E-state index contributed by atoms with van der Waals surface area (Å²) in [6, 6.07) is 11.0. The average molecular weight is 306 g/mol. The third-order valence-electron chi connectivity index (χ3n) is 2.56. The first-order valence-electron chi connectivity index (χ1n) is 6.00. The monoisotopic (exact) mass is 306 g/mol. The molecule has 0 aliphatic rings. The minimum atomic E-state index is -3.61. The summed E-state index contributed by atoms with van der Waals surface area (Å²) in [5, 5.41) is 10.3. The zero-order valence-corrected chi connectivity index (χ0v) is 11.7. The fourth-order valence-electron chi connectivity index (χ4n) is 1.58. The van der Waals surface area contributed by atoms with Crippen LogP contribution in [0.5, 0.6) is 0 Å². The molecule has 1 aromatic carbocycles. The number of aliphatic carboxylic acids is 1. The van der Waals surface area contributed by atoms with Gasteiger partial charge in [-0.25, -0.2) is 13.1 Å². The van der Waals surface area contributed by atoms with Crippen LogP contribution in [0.3, 0.4) is 0 Å². The van der Waals surface area contributed by atoms with Gasteiger partial charge in [0.2, 0.25) is 10.0 Å². The Morgan fingerprint density at radius 3 is 2.57 bits per heavy atom. The Hall–Kier alpha value is -2.38. The maximum absolute atomic E-state index is 12.0. The Balaban J connectivity index is 2.02. The van der Waals surface area contributed by atoms with E-state index in [-0.39, 0.29) is 11.4 Å². The third kappa shape index (κ3) is 4.30. The van der Waals surface area contributed by atoms with E-state index in [2.05, 4.69) is 4.72 Å². The summed E-state index contributed by atoms with van der Waals surface area (Å²) in [6.07, 6.45) is 2.06. The van der Waals surface area contributed by atoms with Crippen molar-refractivity contribution < 1.29 is 22.7 Å². The molecule has 1 N–H and O–H groups in total. The van der Waals surface area contributed by atoms with Crippen LogP contribution in [0.1, 0.15) is 11.5 Å². The molecule has 0 atom stereocenters. The van der Waals surface area contributed by atoms with Gasteiger partial charge in [0, 0.05) is 0 Å². The summed E-state index contributed by atoms with van der Waals surface area (Å²) < 4.78 is 31.6. The number of benzene rings is 1. The highest BCUT2D eigenvalue weighted by Gasteiger charge is 2.13. The van der Waals surface area contributed by atoms with E-state index < -0.39 is 16.0 Å². The largest absolute Gasteiger partial charge is 0.545 e. The molecule has 0 fully saturated rings. The normalized spacial score (nSPS) is 11.8. The summed E-state index contributed by atoms with van der Waals surface area (Å²) in [7, 11) is -3.61. The Morgan fingerprint density at radius 2 is 1.90 bits per heavy atom. The van der Waals surface area contributed by atoms with Gasteiger partial charge >= 0.3 is 0 Å². The Bertz CT molecular complexity index is 747. The Morgan fingerprint density at radius 1 is 1.19 bits per heavy atom. The van der Waals surface area contributed by atoms with E-state index in [1.165, 1.54) is 24.3 Å². The highest BCUT2D eigenvalue weighted by molar-refractivity contribution is 7.89. The average Bonchev–Trinajstić information content (AvgIpc) is 2.92. The summed E-state index contributed by atoms with van der Waals surface area (Å²) in [4.78, 5) is 10.4. The van der Waals surface area contributed by atoms with Gasteiger partial charge in [0.25, 0.3) is 0 Å². The summed E-state index contributed by atoms with van der Waals surface area (Å²) in [6.45, 7) is -0.0314. The third-order valence-corrected chi connectivity index (χ3v) is 3.97. The van der Waals surface area contributed by atoms with Gasteiger partial charge in [0.05, 0.1) is 17.4 Å². The molecule has 110 valence electrons. The van der Waals surface area contributed by atoms with Crippen molar-refractivity contribution in [1.82, 2.24) is 4.72 Å². The standard InChI is InChI=1S/C14H13NO5S/c16-14(17)9-8-11-6-7-12(20-11)10-15-21(18,19)13-4-2-1-3-5-13/h1-9,15H,10H2,(H,16,17)/p-1/b9-8+. The maximum Gasteiger partial charge on any atom is 0.240 e. The van der Waals surface area contributed by atoms with E-state index in [9.17, 15) is 18.3 Å². The van der Waals surface area contributed by atoms with Gasteiger partial charge < -0.3 is 14.3 Å². The highest BCUT2D eigenvalue weighted by Crippen LogP contribution is 2.12. The number of carbonyl (C=O) groups is 1. The van der Waals surface area contributed by atoms with E-state index in [1.54, 1.807) is 24.3 Å². The predicted molar refractivity (Wildman–Crippen MR) is 73.2 cm³/mol. The molecule has 2 aromatic rings. The van der Waals surface area contributed by atoms with Crippen molar-refractivity contribution in [2.75, 3.05) is 0 Å². The van der Waals surface area contributed by atoms with Gasteiger partial charge in [-0.15, -0.1) is 0 Å². The van der Waals surface area contributed by atoms with Crippen LogP contribution in [-0.2, 0) is 21.4 Å². The molecule has 7 heteroatoms. The van der Waals surface area contributed by atoms with Gasteiger partial charge in [-0.2, -0.15) is 0 Å². The number of hydrogen-bond donors (Lipinski definition) is 1. The molecule has 0 saturated carbocycles. The molecular weight excluding hydrogens is 294 g/mol. The molecule has 0 unspecified atom stereocenters. The van der Waals surface area contributed by atoms with Crippen molar-refractivity contribution in [1.29, 1.82) is 0 Å². The highest BCUT2D eigenvalue weighted by atomic mass is 32.2. The topological polar surface area (TPSA) is 99.4 Å². The number of hydrogen-bond acceptors (Lipinski definition) is 5. The molecule has 0 saturated heterocycles. The van der Waals surface area contributed by atoms with Crippen LogP contribution in [0, 0.1) is 0 Å². The van der Waals surface area contributed by atoms with Gasteiger partial charge in [-0.3, -0.25) is 0 Å². The molecule has 0 spiro atoms. The SMILES string of the molecule is O=C([O-])/C=C/c1ccc(CNS(=O)(=O)c2ccccc2)o1. The second-order valence-corrected chi connectivity index (χ2v) is 5.86. The number of furan rings is 1. The Labute approximate surface area is 121 Å². The zero-order valence-electron chi connectivity index (χ0n) is 10.9. The van der Waals surface area contributed by atoms with Crippen molar-refractivity contribution in [2.45, 2.75) is 11.4 Å². The van der Waals surface area contributed by atoms with Gasteiger partial charge in [-0.05, 0) is 36.4 Å². The van der Waals surface area contributed by atoms with Crippen LogP contribution >= 0.6 is 0 Å². The first-order valence-corrected chi connectivity index (χ1v) is 7.48. The van der Waals surface area contributed by atoms with Crippen molar-refractivity contribution in [3.63, 3.8) is 0 Å². The first kappa shape index (κ1) is 15.0. The van der Waals surface area contributed by atoms with Gasteiger partial charge in [-0.1, -0.05) is 18.2 Å². The lowest BCUT2D eigenvalue weighted by molar-refractivity contribution is -0.297. The van der Waals surface area contributed by atoms with E-state index >= 15 is 0 Å². The number of carboxylic acid groups (broad SMARTS) is 1. The summed E-state index contributed by atoms with van der Waals surface area (Å²) in [5.74, 6) is -0.668. The van der Waals surface area contributed by atoms with Crippen molar-refractivity contribution in [2.24, 2.45) is 0 Å². The van der Waals surface area contributed by atoms with E-state index in [0.29, 0.717) is 11.5 Å². The van der Waals surface area contributed by atoms with Crippen LogP contribution < -0.4 is 9.83 Å². The van der Waals surface area contributed by atoms with Gasteiger partial charge in [0.15, 0.2) is 0 Å². The minimum Gasteiger partial charge on any atom is -0.545 e. The second kappa shape index (κ2) is 6.38. The predicted octanol–water partition coefficient (Wildman–Crippen LogP) is 0.521. The molecular formula is C14H12NO5S-. The first-order chi connectivity index (χ1) is 9.97. The minimum absolute atomic E-state index is 0.0314. The Kier molecular flexibility index (Phi) is 4.56. The van der Waals surface area contributed by atoms with E-state index in [1.807, 2.05) is 0 Å². The molecule has 0 amide bonds. The molecule has 21 heavy (non-hydrogen) atoms. The molecule has 0 aliphatic heterocycles. The molecule has 1 aromatic heterocycles. The smallest absolute Gasteiger partial charge is 0.240 e. The van der Waals surface area contributed by atoms with Crippen LogP contribution in [0.15, 0.2) is 57.9 Å². The fraction of sp³-hybridized carbons (Fsp3) is 0.0714. The van der Waals surface area contributed by atoms with Crippen LogP contribution in [-0.4, -0.2) is 14.4 Å². The molecule has 2 rings (SSSR count). The molecule has 0 radical (unpaired) electrons. The number of carboxylic acids is 1. The lowest BCUT2D eigenvalue weighted by atomic mass is 10.4. The maximum atomic E-state index is 12.0. The molecule has 0 aliphatic carbocycles. The number of carbonyl (C=O) groups excluding carboxylic acids is 1. The lowest BCUT2D eigenvalue weighted by Crippen LogP contribution is -2.22. The number of rotatable bonds is 6. The van der Waals surface area contributed by atoms with Crippen molar-refractivity contribution >= 4 is 22.1 Å². The fourth-order valence-corrected chi connectivity index (χ4v) is 2.59. The lowest BCUT2D eigenvalue weighted by Gasteiger charge is -2.04. The summed E-state index contributed by atoms with van der Waals surface area (Å²) >= 11 is 0. The molecule has 0 bridgehead atoms. The van der Waals surface area contributed by atoms with Crippen molar-refractivity contribution in [3.05, 3.63) is 60.1 Å². The summed E-state index contributed by atoms with van der Waals surface area (Å²) in [5.41, 5.74) is 0. The van der Waals surface area contributed by atoms with Crippen LogP contribution in [0.4, 0.5) is 0 Å². The van der Waals surface area contributed by atoms with Crippen molar-refractivity contribution in [3.8, 4) is 0 Å². The van der Waals surface area contributed by atoms with E-state index in [4.69, 9.17) is 4.42 Å². The van der Waals surface area contributed by atoms with Gasteiger partial charge in [0.1, 0.15) is 11.5 Å². The zero-order chi connectivity index (χ0) is 15.3. The molecule has 6 nitrogen and oxygen atoms in total.